The number of nitro benzene ring substituents is 1. The fourth-order valence-corrected chi connectivity index (χ4v) is 3.07. The second kappa shape index (κ2) is 3.67. The van der Waals surface area contributed by atoms with Crippen LogP contribution in [-0.4, -0.2) is 20.7 Å². The van der Waals surface area contributed by atoms with Crippen LogP contribution in [0.4, 0.5) is 11.4 Å². The quantitative estimate of drug-likeness (QED) is 0.445. The molecule has 1 unspecified atom stereocenters. The molecule has 0 aliphatic carbocycles. The lowest BCUT2D eigenvalue weighted by atomic mass is 10.1. The van der Waals surface area contributed by atoms with E-state index in [2.05, 4.69) is 0 Å². The third-order valence-corrected chi connectivity index (χ3v) is 3.83. The van der Waals surface area contributed by atoms with Crippen LogP contribution in [0.3, 0.4) is 0 Å². The zero-order valence-corrected chi connectivity index (χ0v) is 8.95. The third kappa shape index (κ3) is 1.49. The molecule has 1 heterocycles. The number of hydrogen-bond donors (Lipinski definition) is 1. The van der Waals surface area contributed by atoms with Crippen molar-refractivity contribution >= 4 is 28.0 Å². The summed E-state index contributed by atoms with van der Waals surface area (Å²) >= 11 is 0. The molecule has 1 aliphatic rings. The molecule has 1 aromatic rings. The van der Waals surface area contributed by atoms with Gasteiger partial charge in [-0.05, 0) is 6.07 Å². The molecule has 2 N–H and O–H groups in total. The Morgan fingerprint density at radius 1 is 1.44 bits per heavy atom. The maximum absolute atomic E-state index is 11.7. The molecule has 1 aromatic carbocycles. The summed E-state index contributed by atoms with van der Waals surface area (Å²) in [5.74, 6) is -0.161. The number of anilines is 1. The minimum absolute atomic E-state index is 0.0266. The first-order valence-electron chi connectivity index (χ1n) is 4.51. The van der Waals surface area contributed by atoms with Crippen LogP contribution in [0.1, 0.15) is 16.8 Å². The summed E-state index contributed by atoms with van der Waals surface area (Å²) in [7, 11) is -1.52. The molecule has 1 atom stereocenters. The Morgan fingerprint density at radius 2 is 2.12 bits per heavy atom. The number of carbonyl (C=O) groups is 1. The van der Waals surface area contributed by atoms with Crippen LogP contribution in [0, 0.1) is 10.1 Å². The van der Waals surface area contributed by atoms with Crippen LogP contribution in [-0.2, 0) is 10.8 Å². The highest BCUT2D eigenvalue weighted by Gasteiger charge is 2.32. The number of benzene rings is 1. The number of carbonyl (C=O) groups excluding carboxylic acids is 1. The number of nitrogens with two attached hydrogens (primary N) is 1. The fourth-order valence-electron chi connectivity index (χ4n) is 1.66. The van der Waals surface area contributed by atoms with Crippen LogP contribution in [0.5, 0.6) is 0 Å². The molecule has 0 fully saturated rings. The van der Waals surface area contributed by atoms with Crippen molar-refractivity contribution in [1.82, 2.24) is 0 Å². The summed E-state index contributed by atoms with van der Waals surface area (Å²) in [6, 6.07) is 2.49. The molecular weight excluding hydrogens is 232 g/mol. The van der Waals surface area contributed by atoms with Gasteiger partial charge in [0, 0.05) is 23.9 Å². The van der Waals surface area contributed by atoms with E-state index in [1.807, 2.05) is 0 Å². The van der Waals surface area contributed by atoms with Gasteiger partial charge < -0.3 is 5.73 Å². The van der Waals surface area contributed by atoms with E-state index in [0.717, 1.165) is 0 Å². The summed E-state index contributed by atoms with van der Waals surface area (Å²) in [4.78, 5) is 21.7. The minimum Gasteiger partial charge on any atom is -0.398 e. The molecule has 6 nitrogen and oxygen atoms in total. The second-order valence-corrected chi connectivity index (χ2v) is 4.87. The van der Waals surface area contributed by atoms with Crippen LogP contribution in [0.25, 0.3) is 0 Å². The van der Waals surface area contributed by atoms with Gasteiger partial charge >= 0.3 is 0 Å². The largest absolute Gasteiger partial charge is 0.398 e. The highest BCUT2D eigenvalue weighted by Crippen LogP contribution is 2.34. The van der Waals surface area contributed by atoms with E-state index in [9.17, 15) is 19.1 Å². The molecule has 0 spiro atoms. The minimum atomic E-state index is -1.52. The SMILES string of the molecule is Nc1ccc([N+](=O)[O-])c2c1C(=O)CCS2=O. The molecule has 0 saturated heterocycles. The van der Waals surface area contributed by atoms with E-state index in [0.29, 0.717) is 0 Å². The molecule has 16 heavy (non-hydrogen) atoms. The molecule has 2 rings (SSSR count). The highest BCUT2D eigenvalue weighted by molar-refractivity contribution is 7.85. The number of nitrogen functional groups attached to an aromatic ring is 1. The van der Waals surface area contributed by atoms with E-state index < -0.39 is 15.7 Å². The Bertz CT molecular complexity index is 526. The predicted molar refractivity (Wildman–Crippen MR) is 57.7 cm³/mol. The van der Waals surface area contributed by atoms with Crippen molar-refractivity contribution in [2.75, 3.05) is 11.5 Å². The maximum atomic E-state index is 11.7. The van der Waals surface area contributed by atoms with E-state index in [4.69, 9.17) is 5.73 Å². The molecule has 0 amide bonds. The van der Waals surface area contributed by atoms with E-state index in [1.54, 1.807) is 0 Å². The number of rotatable bonds is 1. The van der Waals surface area contributed by atoms with Crippen molar-refractivity contribution in [3.05, 3.63) is 27.8 Å². The summed E-state index contributed by atoms with van der Waals surface area (Å²) in [5, 5.41) is 10.8. The number of fused-ring (bicyclic) bond motifs is 1. The topological polar surface area (TPSA) is 103 Å². The van der Waals surface area contributed by atoms with Gasteiger partial charge in [0.2, 0.25) is 0 Å². The summed E-state index contributed by atoms with van der Waals surface area (Å²) in [6.45, 7) is 0. The summed E-state index contributed by atoms with van der Waals surface area (Å²) in [6.07, 6.45) is 0.116. The molecule has 0 radical (unpaired) electrons. The van der Waals surface area contributed by atoms with Gasteiger partial charge in [-0.1, -0.05) is 0 Å². The number of ketones is 1. The van der Waals surface area contributed by atoms with Crippen molar-refractivity contribution in [3.63, 3.8) is 0 Å². The van der Waals surface area contributed by atoms with Gasteiger partial charge in [0.15, 0.2) is 5.78 Å². The molecule has 7 heteroatoms. The Kier molecular flexibility index (Phi) is 2.47. The first-order chi connectivity index (χ1) is 7.52. The average Bonchev–Trinajstić information content (AvgIpc) is 2.23. The number of nitrogens with zero attached hydrogens (tertiary/aromatic N) is 1. The van der Waals surface area contributed by atoms with Gasteiger partial charge in [0.05, 0.1) is 21.3 Å². The van der Waals surface area contributed by atoms with Crippen LogP contribution in [0.2, 0.25) is 0 Å². The maximum Gasteiger partial charge on any atom is 0.286 e. The Labute approximate surface area is 93.0 Å². The van der Waals surface area contributed by atoms with Gasteiger partial charge in [-0.3, -0.25) is 19.1 Å². The zero-order valence-electron chi connectivity index (χ0n) is 8.13. The Hall–Kier alpha value is -1.76. The van der Waals surface area contributed by atoms with E-state index in [-0.39, 0.29) is 39.8 Å². The Morgan fingerprint density at radius 3 is 2.75 bits per heavy atom. The van der Waals surface area contributed by atoms with Crippen LogP contribution in [0.15, 0.2) is 17.0 Å². The van der Waals surface area contributed by atoms with Crippen molar-refractivity contribution in [2.45, 2.75) is 11.3 Å². The zero-order chi connectivity index (χ0) is 11.9. The van der Waals surface area contributed by atoms with Crippen molar-refractivity contribution < 1.29 is 13.9 Å². The van der Waals surface area contributed by atoms with Gasteiger partial charge in [-0.2, -0.15) is 0 Å². The van der Waals surface area contributed by atoms with Crippen molar-refractivity contribution in [2.24, 2.45) is 0 Å². The van der Waals surface area contributed by atoms with Crippen molar-refractivity contribution in [3.8, 4) is 0 Å². The standard InChI is InChI=1S/C9H8N2O4S/c10-5-1-2-6(11(13)14)9-8(5)7(12)3-4-16(9)15/h1-2H,3-4,10H2. The lowest BCUT2D eigenvalue weighted by molar-refractivity contribution is -0.387. The lowest BCUT2D eigenvalue weighted by Crippen LogP contribution is -2.20. The molecule has 1 aliphatic heterocycles. The first kappa shape index (κ1) is 10.7. The van der Waals surface area contributed by atoms with Crippen LogP contribution >= 0.6 is 0 Å². The number of nitro groups is 1. The van der Waals surface area contributed by atoms with Gasteiger partial charge in [-0.25, -0.2) is 0 Å². The van der Waals surface area contributed by atoms with Crippen molar-refractivity contribution in [1.29, 1.82) is 0 Å². The fraction of sp³-hybridized carbons (Fsp3) is 0.222. The molecule has 0 aromatic heterocycles. The van der Waals surface area contributed by atoms with E-state index >= 15 is 0 Å². The van der Waals surface area contributed by atoms with Gasteiger partial charge in [0.1, 0.15) is 4.90 Å². The Balaban J connectivity index is 2.80. The molecule has 0 saturated carbocycles. The molecule has 0 bridgehead atoms. The lowest BCUT2D eigenvalue weighted by Gasteiger charge is -2.15. The smallest absolute Gasteiger partial charge is 0.286 e. The normalized spacial score (nSPS) is 19.2. The number of Topliss-reactive ketones (excluding diaryl/α,β-unsaturated/α-hetero) is 1. The third-order valence-electron chi connectivity index (χ3n) is 2.39. The monoisotopic (exact) mass is 240 g/mol. The predicted octanol–water partition coefficient (Wildman–Crippen LogP) is 0.871. The van der Waals surface area contributed by atoms with Crippen LogP contribution < -0.4 is 5.73 Å². The first-order valence-corrected chi connectivity index (χ1v) is 5.82. The highest BCUT2D eigenvalue weighted by atomic mass is 32.2. The summed E-state index contributed by atoms with van der Waals surface area (Å²) < 4.78 is 11.7. The number of hydrogen-bond acceptors (Lipinski definition) is 5. The van der Waals surface area contributed by atoms with Gasteiger partial charge in [-0.15, -0.1) is 0 Å². The van der Waals surface area contributed by atoms with Gasteiger partial charge in [0.25, 0.3) is 5.69 Å². The average molecular weight is 240 g/mol. The second-order valence-electron chi connectivity index (χ2n) is 3.36. The molecular formula is C9H8N2O4S. The van der Waals surface area contributed by atoms with E-state index in [1.165, 1.54) is 12.1 Å². The summed E-state index contributed by atoms with van der Waals surface area (Å²) in [5.41, 5.74) is 5.50. The molecule has 84 valence electrons.